The molecule has 2 rings (SSSR count). The number of amides is 2. The number of rotatable bonds is 6. The summed E-state index contributed by atoms with van der Waals surface area (Å²) in [6.45, 7) is 0.259. The first-order valence-electron chi connectivity index (χ1n) is 7.44. The Labute approximate surface area is 140 Å². The van der Waals surface area contributed by atoms with Crippen LogP contribution < -0.4 is 15.4 Å². The molecular formula is C17H21N3O4. The molecule has 0 radical (unpaired) electrons. The molecule has 0 spiro atoms. The third kappa shape index (κ3) is 4.60. The van der Waals surface area contributed by atoms with Crippen molar-refractivity contribution in [3.05, 3.63) is 48.4 Å². The van der Waals surface area contributed by atoms with Gasteiger partial charge < -0.3 is 19.8 Å². The summed E-state index contributed by atoms with van der Waals surface area (Å²) in [5.41, 5.74) is 0.520. The van der Waals surface area contributed by atoms with Gasteiger partial charge in [0, 0.05) is 12.2 Å². The molecule has 2 N–H and O–H groups in total. The standard InChI is InChI=1S/C17H21N3O4/c1-20(2)14(15-5-4-10-24-15)11-18-16(21)17(22)19-12-6-8-13(23-3)9-7-12/h4-10,14H,11H2,1-3H3,(H,18,21)(H,19,22). The Hall–Kier alpha value is -2.80. The molecule has 7 heteroatoms. The van der Waals surface area contributed by atoms with Crippen molar-refractivity contribution < 1.29 is 18.7 Å². The minimum atomic E-state index is -0.725. The first-order chi connectivity index (χ1) is 11.5. The second-order valence-electron chi connectivity index (χ2n) is 5.39. The van der Waals surface area contributed by atoms with Crippen molar-refractivity contribution in [1.29, 1.82) is 0 Å². The summed E-state index contributed by atoms with van der Waals surface area (Å²) in [7, 11) is 5.30. The number of ether oxygens (including phenoxy) is 1. The summed E-state index contributed by atoms with van der Waals surface area (Å²) < 4.78 is 10.4. The molecule has 1 aromatic heterocycles. The van der Waals surface area contributed by atoms with Crippen LogP contribution in [0.2, 0.25) is 0 Å². The van der Waals surface area contributed by atoms with Gasteiger partial charge in [-0.3, -0.25) is 14.5 Å². The molecule has 0 bridgehead atoms. The van der Waals surface area contributed by atoms with Crippen LogP contribution >= 0.6 is 0 Å². The quantitative estimate of drug-likeness (QED) is 0.786. The predicted molar refractivity (Wildman–Crippen MR) is 89.8 cm³/mol. The smallest absolute Gasteiger partial charge is 0.313 e. The highest BCUT2D eigenvalue weighted by molar-refractivity contribution is 6.39. The molecule has 0 fully saturated rings. The predicted octanol–water partition coefficient (Wildman–Crippen LogP) is 1.65. The molecular weight excluding hydrogens is 310 g/mol. The first kappa shape index (κ1) is 17.6. The highest BCUT2D eigenvalue weighted by Crippen LogP contribution is 2.17. The number of hydrogen-bond donors (Lipinski definition) is 2. The molecule has 0 aliphatic carbocycles. The zero-order chi connectivity index (χ0) is 17.5. The Morgan fingerprint density at radius 1 is 1.17 bits per heavy atom. The van der Waals surface area contributed by atoms with Gasteiger partial charge >= 0.3 is 11.8 Å². The lowest BCUT2D eigenvalue weighted by molar-refractivity contribution is -0.136. The Morgan fingerprint density at radius 3 is 2.42 bits per heavy atom. The van der Waals surface area contributed by atoms with Gasteiger partial charge in [-0.2, -0.15) is 0 Å². The van der Waals surface area contributed by atoms with E-state index < -0.39 is 11.8 Å². The van der Waals surface area contributed by atoms with Crippen LogP contribution in [-0.2, 0) is 9.59 Å². The van der Waals surface area contributed by atoms with Gasteiger partial charge in [-0.1, -0.05) is 0 Å². The number of furan rings is 1. The molecule has 1 heterocycles. The van der Waals surface area contributed by atoms with Gasteiger partial charge in [-0.15, -0.1) is 0 Å². The molecule has 1 unspecified atom stereocenters. The van der Waals surface area contributed by atoms with Crippen molar-refractivity contribution in [3.63, 3.8) is 0 Å². The van der Waals surface area contributed by atoms with E-state index in [0.29, 0.717) is 11.4 Å². The number of anilines is 1. The van der Waals surface area contributed by atoms with E-state index >= 15 is 0 Å². The number of hydrogen-bond acceptors (Lipinski definition) is 5. The first-order valence-corrected chi connectivity index (χ1v) is 7.44. The van der Waals surface area contributed by atoms with Crippen LogP contribution in [0.3, 0.4) is 0 Å². The summed E-state index contributed by atoms with van der Waals surface area (Å²) in [6, 6.07) is 10.2. The van der Waals surface area contributed by atoms with Crippen molar-refractivity contribution in [3.8, 4) is 5.75 Å². The topological polar surface area (TPSA) is 83.8 Å². The largest absolute Gasteiger partial charge is 0.497 e. The molecule has 1 aromatic carbocycles. The summed E-state index contributed by atoms with van der Waals surface area (Å²) in [5, 5.41) is 5.15. The van der Waals surface area contributed by atoms with E-state index in [2.05, 4.69) is 10.6 Å². The van der Waals surface area contributed by atoms with Gasteiger partial charge in [0.25, 0.3) is 0 Å². The van der Waals surface area contributed by atoms with E-state index in [0.717, 1.165) is 5.76 Å². The highest BCUT2D eigenvalue weighted by Gasteiger charge is 2.20. The van der Waals surface area contributed by atoms with Gasteiger partial charge in [0.1, 0.15) is 11.5 Å². The molecule has 24 heavy (non-hydrogen) atoms. The fourth-order valence-electron chi connectivity index (χ4n) is 2.15. The Morgan fingerprint density at radius 2 is 1.88 bits per heavy atom. The van der Waals surface area contributed by atoms with Crippen LogP contribution in [0.1, 0.15) is 11.8 Å². The number of methoxy groups -OCH3 is 1. The van der Waals surface area contributed by atoms with Gasteiger partial charge in [-0.25, -0.2) is 0 Å². The molecule has 0 aliphatic rings. The molecule has 2 amide bonds. The third-order valence-electron chi connectivity index (χ3n) is 3.51. The van der Waals surface area contributed by atoms with Gasteiger partial charge in [0.05, 0.1) is 19.4 Å². The van der Waals surface area contributed by atoms with Crippen molar-refractivity contribution in [2.45, 2.75) is 6.04 Å². The lowest BCUT2D eigenvalue weighted by Gasteiger charge is -2.22. The monoisotopic (exact) mass is 331 g/mol. The summed E-state index contributed by atoms with van der Waals surface area (Å²) in [4.78, 5) is 25.8. The number of benzene rings is 1. The van der Waals surface area contributed by atoms with Crippen LogP contribution in [0.15, 0.2) is 47.1 Å². The van der Waals surface area contributed by atoms with Crippen LogP contribution in [0.25, 0.3) is 0 Å². The van der Waals surface area contributed by atoms with Crippen molar-refractivity contribution in [1.82, 2.24) is 10.2 Å². The molecule has 2 aromatic rings. The fraction of sp³-hybridized carbons (Fsp3) is 0.294. The summed E-state index contributed by atoms with van der Waals surface area (Å²) in [5.74, 6) is -0.0399. The van der Waals surface area contributed by atoms with Crippen LogP contribution in [0, 0.1) is 0 Å². The lowest BCUT2D eigenvalue weighted by atomic mass is 10.2. The fourth-order valence-corrected chi connectivity index (χ4v) is 2.15. The maximum Gasteiger partial charge on any atom is 0.313 e. The Balaban J connectivity index is 1.89. The second kappa shape index (κ2) is 8.16. The Kier molecular flexibility index (Phi) is 5.97. The van der Waals surface area contributed by atoms with E-state index in [1.165, 1.54) is 0 Å². The number of carbonyl (C=O) groups excluding carboxylic acids is 2. The van der Waals surface area contributed by atoms with Crippen molar-refractivity contribution in [2.24, 2.45) is 0 Å². The molecule has 0 aliphatic heterocycles. The maximum absolute atomic E-state index is 12.0. The molecule has 128 valence electrons. The van der Waals surface area contributed by atoms with Gasteiger partial charge in [0.2, 0.25) is 0 Å². The Bertz CT molecular complexity index is 666. The SMILES string of the molecule is COc1ccc(NC(=O)C(=O)NCC(c2ccco2)N(C)C)cc1. The molecule has 0 saturated carbocycles. The second-order valence-corrected chi connectivity index (χ2v) is 5.39. The van der Waals surface area contributed by atoms with Crippen LogP contribution in [-0.4, -0.2) is 44.5 Å². The summed E-state index contributed by atoms with van der Waals surface area (Å²) in [6.07, 6.45) is 1.57. The van der Waals surface area contributed by atoms with E-state index in [9.17, 15) is 9.59 Å². The van der Waals surface area contributed by atoms with E-state index in [4.69, 9.17) is 9.15 Å². The average molecular weight is 331 g/mol. The minimum absolute atomic E-state index is 0.155. The minimum Gasteiger partial charge on any atom is -0.497 e. The maximum atomic E-state index is 12.0. The zero-order valence-corrected chi connectivity index (χ0v) is 13.9. The average Bonchev–Trinajstić information content (AvgIpc) is 3.09. The zero-order valence-electron chi connectivity index (χ0n) is 13.9. The normalized spacial score (nSPS) is 11.8. The van der Waals surface area contributed by atoms with E-state index in [1.807, 2.05) is 25.1 Å². The number of carbonyl (C=O) groups is 2. The van der Waals surface area contributed by atoms with Crippen molar-refractivity contribution in [2.75, 3.05) is 33.1 Å². The van der Waals surface area contributed by atoms with E-state index in [1.54, 1.807) is 43.7 Å². The third-order valence-corrected chi connectivity index (χ3v) is 3.51. The molecule has 0 saturated heterocycles. The number of nitrogens with zero attached hydrogens (tertiary/aromatic N) is 1. The van der Waals surface area contributed by atoms with Crippen LogP contribution in [0.4, 0.5) is 5.69 Å². The van der Waals surface area contributed by atoms with Gasteiger partial charge in [0.15, 0.2) is 0 Å². The van der Waals surface area contributed by atoms with Crippen molar-refractivity contribution >= 4 is 17.5 Å². The lowest BCUT2D eigenvalue weighted by Crippen LogP contribution is -2.40. The van der Waals surface area contributed by atoms with Crippen LogP contribution in [0.5, 0.6) is 5.75 Å². The highest BCUT2D eigenvalue weighted by atomic mass is 16.5. The van der Waals surface area contributed by atoms with E-state index in [-0.39, 0.29) is 12.6 Å². The molecule has 7 nitrogen and oxygen atoms in total. The van der Waals surface area contributed by atoms with Gasteiger partial charge in [-0.05, 0) is 50.5 Å². The summed E-state index contributed by atoms with van der Waals surface area (Å²) >= 11 is 0. The number of likely N-dealkylation sites (N-methyl/N-ethyl adjacent to an activating group) is 1. The number of nitrogens with one attached hydrogen (secondary N) is 2. The molecule has 1 atom stereocenters.